The van der Waals surface area contributed by atoms with Crippen LogP contribution in [0.1, 0.15) is 41.7 Å². The molecule has 0 radical (unpaired) electrons. The molecular weight excluding hydrogens is 434 g/mol. The Hall–Kier alpha value is -3.82. The number of benzene rings is 1. The molecule has 34 heavy (non-hydrogen) atoms. The maximum absolute atomic E-state index is 12.1. The number of aromatic nitrogens is 1. The zero-order chi connectivity index (χ0) is 24.5. The van der Waals surface area contributed by atoms with Gasteiger partial charge in [0.15, 0.2) is 5.69 Å². The van der Waals surface area contributed by atoms with E-state index in [-0.39, 0.29) is 23.7 Å². The molecule has 0 bridgehead atoms. The molecule has 6 N–H and O–H groups in total. The Morgan fingerprint density at radius 2 is 1.85 bits per heavy atom. The summed E-state index contributed by atoms with van der Waals surface area (Å²) in [6.45, 7) is 1.45. The van der Waals surface area contributed by atoms with Crippen molar-refractivity contribution >= 4 is 34.9 Å². The van der Waals surface area contributed by atoms with E-state index in [1.54, 1.807) is 20.3 Å². The number of nitrogens with two attached hydrogens (primary N) is 2. The van der Waals surface area contributed by atoms with Crippen LogP contribution in [-0.2, 0) is 10.2 Å². The number of hydrogen-bond donors (Lipinski definition) is 4. The van der Waals surface area contributed by atoms with Crippen molar-refractivity contribution in [3.63, 3.8) is 0 Å². The van der Waals surface area contributed by atoms with Crippen molar-refractivity contribution in [3.8, 4) is 0 Å². The summed E-state index contributed by atoms with van der Waals surface area (Å²) in [5.41, 5.74) is 13.7. The van der Waals surface area contributed by atoms with Crippen molar-refractivity contribution in [3.05, 3.63) is 47.8 Å². The number of nitrogens with zero attached hydrogens (tertiary/aromatic N) is 3. The number of pyridine rings is 1. The molecule has 4 amide bonds. The number of carbonyl (C=O) groups excluding carboxylic acids is 3. The number of anilines is 3. The molecule has 0 spiro atoms. The summed E-state index contributed by atoms with van der Waals surface area (Å²) in [5.74, 6) is -0.936. The number of rotatable bonds is 7. The standard InChI is InChI=1S/C24H31N7O3/c1-30(2)23(34)29-17-4-3-11-31(14-17)18-12-19(20(21(25)32)27-13-18)28-16-7-5-15(6-8-16)24(9-10-24)22(26)33/h5-8,12-13,17,28H,3-4,9-11,14H2,1-2H3,(H2,25,32)(H2,26,33)(H,29,34). The lowest BCUT2D eigenvalue weighted by atomic mass is 9.95. The molecule has 1 saturated heterocycles. The van der Waals surface area contributed by atoms with Crippen LogP contribution in [0.5, 0.6) is 0 Å². The molecule has 1 aromatic carbocycles. The highest BCUT2D eigenvalue weighted by molar-refractivity contribution is 5.98. The first kappa shape index (κ1) is 23.3. The third kappa shape index (κ3) is 4.75. The molecule has 2 aromatic rings. The van der Waals surface area contributed by atoms with Crippen molar-refractivity contribution in [2.45, 2.75) is 37.1 Å². The second-order valence-corrected chi connectivity index (χ2v) is 9.23. The Morgan fingerprint density at radius 3 is 2.44 bits per heavy atom. The Morgan fingerprint density at radius 1 is 1.15 bits per heavy atom. The highest BCUT2D eigenvalue weighted by Crippen LogP contribution is 2.48. The number of carbonyl (C=O) groups is 3. The molecule has 1 aromatic heterocycles. The van der Waals surface area contributed by atoms with Crippen LogP contribution in [0, 0.1) is 0 Å². The third-order valence-corrected chi connectivity index (χ3v) is 6.57. The van der Waals surface area contributed by atoms with Gasteiger partial charge in [-0.2, -0.15) is 0 Å². The minimum absolute atomic E-state index is 0.0171. The van der Waals surface area contributed by atoms with Gasteiger partial charge in [-0.15, -0.1) is 0 Å². The lowest BCUT2D eigenvalue weighted by molar-refractivity contribution is -0.120. The lowest BCUT2D eigenvalue weighted by Crippen LogP contribution is -2.50. The fraction of sp³-hybridized carbons (Fsp3) is 0.417. The monoisotopic (exact) mass is 465 g/mol. The van der Waals surface area contributed by atoms with Gasteiger partial charge >= 0.3 is 6.03 Å². The van der Waals surface area contributed by atoms with Crippen LogP contribution < -0.4 is 27.0 Å². The van der Waals surface area contributed by atoms with Gasteiger partial charge in [-0.05, 0) is 49.4 Å². The molecule has 1 unspecified atom stereocenters. The highest BCUT2D eigenvalue weighted by Gasteiger charge is 2.49. The average Bonchev–Trinajstić information content (AvgIpc) is 3.62. The Bertz CT molecular complexity index is 1100. The number of nitrogens with one attached hydrogen (secondary N) is 2. The predicted molar refractivity (Wildman–Crippen MR) is 130 cm³/mol. The molecule has 1 aliphatic heterocycles. The minimum atomic E-state index is -0.633. The van der Waals surface area contributed by atoms with E-state index in [0.29, 0.717) is 12.2 Å². The smallest absolute Gasteiger partial charge is 0.317 e. The second kappa shape index (κ2) is 9.20. The summed E-state index contributed by atoms with van der Waals surface area (Å²) in [7, 11) is 3.43. The number of primary amides is 2. The van der Waals surface area contributed by atoms with Crippen molar-refractivity contribution < 1.29 is 14.4 Å². The average molecular weight is 466 g/mol. The topological polar surface area (TPSA) is 147 Å². The number of hydrogen-bond acceptors (Lipinski definition) is 6. The van der Waals surface area contributed by atoms with Crippen LogP contribution in [0.15, 0.2) is 36.5 Å². The van der Waals surface area contributed by atoms with Crippen LogP contribution in [0.4, 0.5) is 21.9 Å². The first-order valence-corrected chi connectivity index (χ1v) is 11.4. The Balaban J connectivity index is 1.53. The van der Waals surface area contributed by atoms with Gasteiger partial charge in [-0.3, -0.25) is 9.59 Å². The van der Waals surface area contributed by atoms with E-state index in [9.17, 15) is 14.4 Å². The number of piperidine rings is 1. The summed E-state index contributed by atoms with van der Waals surface area (Å²) >= 11 is 0. The largest absolute Gasteiger partial charge is 0.369 e. The van der Waals surface area contributed by atoms with Crippen LogP contribution in [0.25, 0.3) is 0 Å². The van der Waals surface area contributed by atoms with Gasteiger partial charge in [0.1, 0.15) is 0 Å². The van der Waals surface area contributed by atoms with Gasteiger partial charge in [0.25, 0.3) is 5.91 Å². The molecule has 1 atom stereocenters. The SMILES string of the molecule is CN(C)C(=O)NC1CCCN(c2cnc(C(N)=O)c(Nc3ccc(C4(C(N)=O)CC4)cc3)c2)C1. The summed E-state index contributed by atoms with van der Waals surface area (Å²) < 4.78 is 0. The molecular formula is C24H31N7O3. The first-order valence-electron chi connectivity index (χ1n) is 11.4. The van der Waals surface area contributed by atoms with Crippen LogP contribution in [0.3, 0.4) is 0 Å². The van der Waals surface area contributed by atoms with E-state index in [4.69, 9.17) is 11.5 Å². The summed E-state index contributed by atoms with van der Waals surface area (Å²) in [6, 6.07) is 9.21. The van der Waals surface area contributed by atoms with Crippen molar-refractivity contribution in [2.24, 2.45) is 11.5 Å². The van der Waals surface area contributed by atoms with E-state index in [1.807, 2.05) is 30.3 Å². The quantitative estimate of drug-likeness (QED) is 0.489. The zero-order valence-corrected chi connectivity index (χ0v) is 19.5. The van der Waals surface area contributed by atoms with Crippen LogP contribution in [-0.4, -0.2) is 61.0 Å². The van der Waals surface area contributed by atoms with E-state index in [2.05, 4.69) is 20.5 Å². The molecule has 4 rings (SSSR count). The fourth-order valence-corrected chi connectivity index (χ4v) is 4.38. The fourth-order valence-electron chi connectivity index (χ4n) is 4.38. The van der Waals surface area contributed by atoms with Gasteiger partial charge < -0.3 is 31.9 Å². The van der Waals surface area contributed by atoms with Gasteiger partial charge in [0.05, 0.1) is 23.0 Å². The number of amides is 4. The Kier molecular flexibility index (Phi) is 6.32. The molecule has 180 valence electrons. The van der Waals surface area contributed by atoms with E-state index >= 15 is 0 Å². The van der Waals surface area contributed by atoms with Gasteiger partial charge in [-0.1, -0.05) is 12.1 Å². The van der Waals surface area contributed by atoms with Crippen molar-refractivity contribution in [2.75, 3.05) is 37.4 Å². The molecule has 1 aliphatic carbocycles. The van der Waals surface area contributed by atoms with Gasteiger partial charge in [0, 0.05) is 38.9 Å². The van der Waals surface area contributed by atoms with Crippen molar-refractivity contribution in [1.29, 1.82) is 0 Å². The first-order chi connectivity index (χ1) is 16.2. The predicted octanol–water partition coefficient (Wildman–Crippen LogP) is 1.68. The number of urea groups is 1. The summed E-state index contributed by atoms with van der Waals surface area (Å²) in [4.78, 5) is 43.8. The maximum Gasteiger partial charge on any atom is 0.317 e. The van der Waals surface area contributed by atoms with Crippen LogP contribution in [0.2, 0.25) is 0 Å². The molecule has 10 heteroatoms. The maximum atomic E-state index is 12.1. The normalized spacial score (nSPS) is 18.6. The van der Waals surface area contributed by atoms with Gasteiger partial charge in [-0.25, -0.2) is 9.78 Å². The van der Waals surface area contributed by atoms with Gasteiger partial charge in [0.2, 0.25) is 5.91 Å². The van der Waals surface area contributed by atoms with E-state index in [1.165, 1.54) is 4.90 Å². The molecule has 2 aliphatic rings. The second-order valence-electron chi connectivity index (χ2n) is 9.23. The minimum Gasteiger partial charge on any atom is -0.369 e. The highest BCUT2D eigenvalue weighted by atomic mass is 16.2. The van der Waals surface area contributed by atoms with E-state index < -0.39 is 11.3 Å². The lowest BCUT2D eigenvalue weighted by Gasteiger charge is -2.35. The van der Waals surface area contributed by atoms with Crippen LogP contribution >= 0.6 is 0 Å². The third-order valence-electron chi connectivity index (χ3n) is 6.57. The molecule has 1 saturated carbocycles. The van der Waals surface area contributed by atoms with E-state index in [0.717, 1.165) is 49.2 Å². The summed E-state index contributed by atoms with van der Waals surface area (Å²) in [6.07, 6.45) is 4.97. The Labute approximate surface area is 198 Å². The summed E-state index contributed by atoms with van der Waals surface area (Å²) in [5, 5.41) is 6.27. The van der Waals surface area contributed by atoms with Crippen molar-refractivity contribution in [1.82, 2.24) is 15.2 Å². The molecule has 2 fully saturated rings. The zero-order valence-electron chi connectivity index (χ0n) is 19.5. The molecule has 10 nitrogen and oxygen atoms in total. The molecule has 2 heterocycles.